The lowest BCUT2D eigenvalue weighted by Crippen LogP contribution is -2.47. The van der Waals surface area contributed by atoms with Gasteiger partial charge in [0.05, 0.1) is 12.3 Å². The van der Waals surface area contributed by atoms with E-state index in [1.54, 1.807) is 30.7 Å². The molecule has 0 spiro atoms. The first-order chi connectivity index (χ1) is 15.2. The molecule has 2 amide bonds. The average Bonchev–Trinajstić information content (AvgIpc) is 2.83. The number of carbonyl (C=O) groups is 2. The molecule has 0 bridgehead atoms. The number of piperidine rings is 1. The van der Waals surface area contributed by atoms with E-state index in [1.807, 2.05) is 30.3 Å². The molecule has 1 aliphatic heterocycles. The third-order valence-electron chi connectivity index (χ3n) is 5.43. The Labute approximate surface area is 183 Å². The minimum Gasteiger partial charge on any atom is -0.352 e. The van der Waals surface area contributed by atoms with Crippen molar-refractivity contribution in [2.75, 3.05) is 19.6 Å². The fourth-order valence-electron chi connectivity index (χ4n) is 3.76. The van der Waals surface area contributed by atoms with Crippen LogP contribution in [-0.2, 0) is 4.79 Å². The van der Waals surface area contributed by atoms with Crippen LogP contribution in [0.15, 0.2) is 60.0 Å². The second kappa shape index (κ2) is 12.6. The zero-order valence-electron chi connectivity index (χ0n) is 17.9. The van der Waals surface area contributed by atoms with Crippen molar-refractivity contribution in [3.8, 4) is 0 Å². The molecule has 1 saturated heterocycles. The Morgan fingerprint density at radius 2 is 1.87 bits per heavy atom. The van der Waals surface area contributed by atoms with E-state index in [0.29, 0.717) is 12.1 Å². The first-order valence-electron chi connectivity index (χ1n) is 11.0. The van der Waals surface area contributed by atoms with Crippen LogP contribution in [0.4, 0.5) is 0 Å². The number of aromatic nitrogens is 1. The van der Waals surface area contributed by atoms with Gasteiger partial charge in [0.25, 0.3) is 11.8 Å². The normalized spacial score (nSPS) is 15.5. The Balaban J connectivity index is 1.46. The molecule has 31 heavy (non-hydrogen) atoms. The van der Waals surface area contributed by atoms with Crippen molar-refractivity contribution >= 4 is 18.0 Å². The standard InChI is InChI=1S/C24H31N5O2/c30-23(21-11-3-1-4-12-21)26-15-6-5-13-22(29-16-7-2-8-17-29)24(31)28-27-19-20-10-9-14-25-18-20/h1,3-4,9-12,14,18-19,22H,2,5-8,13,15-17H2,(H,26,30)(H,28,31). The number of benzene rings is 1. The fourth-order valence-corrected chi connectivity index (χ4v) is 3.76. The van der Waals surface area contributed by atoms with Gasteiger partial charge in [0, 0.05) is 30.1 Å². The van der Waals surface area contributed by atoms with Crippen molar-refractivity contribution in [3.05, 3.63) is 66.0 Å². The summed E-state index contributed by atoms with van der Waals surface area (Å²) >= 11 is 0. The van der Waals surface area contributed by atoms with E-state index in [4.69, 9.17) is 0 Å². The number of carbonyl (C=O) groups excluding carboxylic acids is 2. The van der Waals surface area contributed by atoms with E-state index in [1.165, 1.54) is 6.42 Å². The molecule has 2 N–H and O–H groups in total. The molecule has 1 aromatic heterocycles. The molecular weight excluding hydrogens is 390 g/mol. The van der Waals surface area contributed by atoms with Crippen LogP contribution in [0, 0.1) is 0 Å². The third-order valence-corrected chi connectivity index (χ3v) is 5.43. The Bertz CT molecular complexity index is 836. The molecule has 1 fully saturated rings. The van der Waals surface area contributed by atoms with Crippen LogP contribution in [0.5, 0.6) is 0 Å². The summed E-state index contributed by atoms with van der Waals surface area (Å²) < 4.78 is 0. The Morgan fingerprint density at radius 3 is 2.61 bits per heavy atom. The van der Waals surface area contributed by atoms with E-state index in [9.17, 15) is 9.59 Å². The quantitative estimate of drug-likeness (QED) is 0.351. The second-order valence-corrected chi connectivity index (χ2v) is 7.75. The third kappa shape index (κ3) is 7.61. The van der Waals surface area contributed by atoms with Gasteiger partial charge in [-0.1, -0.05) is 30.7 Å². The van der Waals surface area contributed by atoms with Crippen LogP contribution in [0.1, 0.15) is 54.4 Å². The lowest BCUT2D eigenvalue weighted by atomic mass is 10.0. The monoisotopic (exact) mass is 421 g/mol. The molecule has 1 aliphatic rings. The summed E-state index contributed by atoms with van der Waals surface area (Å²) in [5.41, 5.74) is 4.21. The van der Waals surface area contributed by atoms with Crippen LogP contribution in [0.3, 0.4) is 0 Å². The predicted octanol–water partition coefficient (Wildman–Crippen LogP) is 2.99. The maximum Gasteiger partial charge on any atom is 0.257 e. The highest BCUT2D eigenvalue weighted by molar-refractivity contribution is 5.94. The minimum atomic E-state index is -0.198. The summed E-state index contributed by atoms with van der Waals surface area (Å²) in [6.07, 6.45) is 10.9. The molecule has 1 aromatic carbocycles. The fraction of sp³-hybridized carbons (Fsp3) is 0.417. The van der Waals surface area contributed by atoms with Crippen molar-refractivity contribution in [1.29, 1.82) is 0 Å². The van der Waals surface area contributed by atoms with Crippen LogP contribution >= 0.6 is 0 Å². The van der Waals surface area contributed by atoms with E-state index in [-0.39, 0.29) is 17.9 Å². The highest BCUT2D eigenvalue weighted by Gasteiger charge is 2.26. The van der Waals surface area contributed by atoms with Crippen molar-refractivity contribution in [2.45, 2.75) is 44.6 Å². The van der Waals surface area contributed by atoms with Crippen molar-refractivity contribution < 1.29 is 9.59 Å². The van der Waals surface area contributed by atoms with Gasteiger partial charge in [0.1, 0.15) is 0 Å². The SMILES string of the molecule is O=C(NCCCCC(C(=O)NN=Cc1cccnc1)N1CCCCC1)c1ccccc1. The molecular formula is C24H31N5O2. The molecule has 1 atom stereocenters. The van der Waals surface area contributed by atoms with Gasteiger partial charge in [0.2, 0.25) is 0 Å². The number of unbranched alkanes of at least 4 members (excludes halogenated alkanes) is 1. The van der Waals surface area contributed by atoms with Gasteiger partial charge in [0.15, 0.2) is 0 Å². The number of hydrogen-bond acceptors (Lipinski definition) is 5. The number of nitrogens with one attached hydrogen (secondary N) is 2. The summed E-state index contributed by atoms with van der Waals surface area (Å²) in [4.78, 5) is 31.3. The number of nitrogens with zero attached hydrogens (tertiary/aromatic N) is 3. The molecule has 2 aromatic rings. The smallest absolute Gasteiger partial charge is 0.257 e. The van der Waals surface area contributed by atoms with Gasteiger partial charge < -0.3 is 5.32 Å². The van der Waals surface area contributed by atoms with E-state index >= 15 is 0 Å². The lowest BCUT2D eigenvalue weighted by Gasteiger charge is -2.33. The minimum absolute atomic E-state index is 0.0596. The number of pyridine rings is 1. The lowest BCUT2D eigenvalue weighted by molar-refractivity contribution is -0.127. The van der Waals surface area contributed by atoms with Crippen molar-refractivity contribution in [3.63, 3.8) is 0 Å². The van der Waals surface area contributed by atoms with Gasteiger partial charge in [-0.05, 0) is 63.4 Å². The van der Waals surface area contributed by atoms with Crippen molar-refractivity contribution in [1.82, 2.24) is 20.6 Å². The van der Waals surface area contributed by atoms with E-state index in [2.05, 4.69) is 25.7 Å². The average molecular weight is 422 g/mol. The first kappa shape index (κ1) is 22.6. The molecule has 7 nitrogen and oxygen atoms in total. The van der Waals surface area contributed by atoms with Gasteiger partial charge >= 0.3 is 0 Å². The summed E-state index contributed by atoms with van der Waals surface area (Å²) in [6.45, 7) is 2.48. The molecule has 0 aliphatic carbocycles. The summed E-state index contributed by atoms with van der Waals surface area (Å²) in [5.74, 6) is -0.133. The van der Waals surface area contributed by atoms with Crippen LogP contribution in [0.25, 0.3) is 0 Å². The summed E-state index contributed by atoms with van der Waals surface area (Å²) in [7, 11) is 0. The van der Waals surface area contributed by atoms with Crippen LogP contribution < -0.4 is 10.7 Å². The highest BCUT2D eigenvalue weighted by atomic mass is 16.2. The second-order valence-electron chi connectivity index (χ2n) is 7.75. The molecule has 0 radical (unpaired) electrons. The van der Waals surface area contributed by atoms with Crippen molar-refractivity contribution in [2.24, 2.45) is 5.10 Å². The molecule has 2 heterocycles. The number of rotatable bonds is 10. The zero-order chi connectivity index (χ0) is 21.7. The number of likely N-dealkylation sites (tertiary alicyclic amines) is 1. The first-order valence-corrected chi connectivity index (χ1v) is 11.0. The largest absolute Gasteiger partial charge is 0.352 e. The van der Waals surface area contributed by atoms with Gasteiger partial charge in [-0.2, -0.15) is 5.10 Å². The predicted molar refractivity (Wildman–Crippen MR) is 122 cm³/mol. The Kier molecular flexibility index (Phi) is 9.19. The number of hydrogen-bond donors (Lipinski definition) is 2. The van der Waals surface area contributed by atoms with Crippen LogP contribution in [-0.4, -0.2) is 53.6 Å². The summed E-state index contributed by atoms with van der Waals surface area (Å²) in [6, 6.07) is 12.7. The Morgan fingerprint density at radius 1 is 1.06 bits per heavy atom. The van der Waals surface area contributed by atoms with E-state index < -0.39 is 0 Å². The van der Waals surface area contributed by atoms with Gasteiger partial charge in [-0.25, -0.2) is 5.43 Å². The maximum atomic E-state index is 12.8. The molecule has 7 heteroatoms. The van der Waals surface area contributed by atoms with E-state index in [0.717, 1.165) is 50.8 Å². The highest BCUT2D eigenvalue weighted by Crippen LogP contribution is 2.16. The zero-order valence-corrected chi connectivity index (χ0v) is 17.9. The molecule has 1 unspecified atom stereocenters. The summed E-state index contributed by atoms with van der Waals surface area (Å²) in [5, 5.41) is 7.06. The number of amides is 2. The number of hydrazone groups is 1. The Hall–Kier alpha value is -3.06. The molecule has 164 valence electrons. The van der Waals surface area contributed by atoms with Crippen LogP contribution in [0.2, 0.25) is 0 Å². The maximum absolute atomic E-state index is 12.8. The molecule has 3 rings (SSSR count). The molecule has 0 saturated carbocycles. The van der Waals surface area contributed by atoms with Gasteiger partial charge in [-0.3, -0.25) is 19.5 Å². The topological polar surface area (TPSA) is 86.7 Å². The van der Waals surface area contributed by atoms with Gasteiger partial charge in [-0.15, -0.1) is 0 Å².